The Morgan fingerprint density at radius 3 is 2.53 bits per heavy atom. The number of carbonyl (C=O) groups is 1. The molecule has 0 amide bonds. The molecule has 0 radical (unpaired) electrons. The van der Waals surface area contributed by atoms with Crippen molar-refractivity contribution < 1.29 is 19.7 Å². The van der Waals surface area contributed by atoms with Gasteiger partial charge >= 0.3 is 5.97 Å². The lowest BCUT2D eigenvalue weighted by molar-refractivity contribution is -0.147. The van der Waals surface area contributed by atoms with Gasteiger partial charge in [0.05, 0.1) is 18.3 Å². The molecular formula is C28H44O4. The molecule has 2 N–H and O–H groups in total. The summed E-state index contributed by atoms with van der Waals surface area (Å²) in [6, 6.07) is 8.26. The summed E-state index contributed by atoms with van der Waals surface area (Å²) in [5, 5.41) is 21.2. The minimum absolute atomic E-state index is 0.0522. The first kappa shape index (κ1) is 26.6. The Morgan fingerprint density at radius 1 is 1.16 bits per heavy atom. The van der Waals surface area contributed by atoms with Crippen molar-refractivity contribution in [3.05, 3.63) is 47.5 Å². The molecule has 0 aliphatic heterocycles. The average molecular weight is 445 g/mol. The highest BCUT2D eigenvalue weighted by Crippen LogP contribution is 2.45. The van der Waals surface area contributed by atoms with Gasteiger partial charge in [-0.05, 0) is 68.9 Å². The van der Waals surface area contributed by atoms with E-state index in [0.29, 0.717) is 18.3 Å². The second kappa shape index (κ2) is 13.8. The molecule has 0 bridgehead atoms. The lowest BCUT2D eigenvalue weighted by Crippen LogP contribution is -2.18. The topological polar surface area (TPSA) is 66.8 Å². The predicted molar refractivity (Wildman–Crippen MR) is 130 cm³/mol. The van der Waals surface area contributed by atoms with Crippen LogP contribution in [-0.2, 0) is 9.53 Å². The minimum Gasteiger partial charge on any atom is -0.463 e. The van der Waals surface area contributed by atoms with E-state index in [4.69, 9.17) is 4.74 Å². The van der Waals surface area contributed by atoms with Crippen molar-refractivity contribution >= 4 is 5.97 Å². The Labute approximate surface area is 195 Å². The van der Waals surface area contributed by atoms with E-state index in [1.807, 2.05) is 26.0 Å². The number of ether oxygens (including phenoxy) is 1. The van der Waals surface area contributed by atoms with Crippen molar-refractivity contribution in [3.63, 3.8) is 0 Å². The van der Waals surface area contributed by atoms with Gasteiger partial charge in [-0.3, -0.25) is 4.79 Å². The molecule has 1 aliphatic rings. The molecular weight excluding hydrogens is 400 g/mol. The Bertz CT molecular complexity index is 694. The van der Waals surface area contributed by atoms with Gasteiger partial charge in [0, 0.05) is 12.3 Å². The summed E-state index contributed by atoms with van der Waals surface area (Å²) in [5.41, 5.74) is 2.14. The van der Waals surface area contributed by atoms with Gasteiger partial charge in [-0.1, -0.05) is 69.5 Å². The number of hydrogen-bond donors (Lipinski definition) is 2. The first-order chi connectivity index (χ1) is 15.3. The normalized spacial score (nSPS) is 24.3. The molecule has 1 unspecified atom stereocenters. The molecule has 4 nitrogen and oxygen atoms in total. The fourth-order valence-electron chi connectivity index (χ4n) is 4.94. The molecule has 5 atom stereocenters. The van der Waals surface area contributed by atoms with Crippen LogP contribution in [0.5, 0.6) is 0 Å². The lowest BCUT2D eigenvalue weighted by atomic mass is 9.82. The van der Waals surface area contributed by atoms with Crippen molar-refractivity contribution in [2.45, 2.75) is 110 Å². The number of allylic oxidation sites excluding steroid dienone is 2. The largest absolute Gasteiger partial charge is 0.463 e. The Hall–Kier alpha value is -1.65. The highest BCUT2D eigenvalue weighted by Gasteiger charge is 2.40. The van der Waals surface area contributed by atoms with Crippen LogP contribution >= 0.6 is 0 Å². The highest BCUT2D eigenvalue weighted by atomic mass is 16.5. The van der Waals surface area contributed by atoms with Crippen LogP contribution in [0.15, 0.2) is 36.4 Å². The third kappa shape index (κ3) is 8.37. The molecule has 32 heavy (non-hydrogen) atoms. The summed E-state index contributed by atoms with van der Waals surface area (Å²) >= 11 is 0. The minimum atomic E-state index is -0.403. The van der Waals surface area contributed by atoms with Crippen LogP contribution in [0, 0.1) is 11.8 Å². The number of carbonyl (C=O) groups excluding carboxylic acids is 1. The van der Waals surface area contributed by atoms with Gasteiger partial charge in [0.25, 0.3) is 0 Å². The number of aliphatic hydroxyl groups excluding tert-OH is 2. The Kier molecular flexibility index (Phi) is 11.5. The smallest absolute Gasteiger partial charge is 0.306 e. The zero-order chi connectivity index (χ0) is 23.5. The van der Waals surface area contributed by atoms with Gasteiger partial charge in [0.2, 0.25) is 0 Å². The van der Waals surface area contributed by atoms with E-state index >= 15 is 0 Å². The summed E-state index contributed by atoms with van der Waals surface area (Å²) < 4.78 is 5.17. The number of benzene rings is 1. The SMILES string of the molecule is CCCCC[C@H](O)c1ccc([C@@H]2C(C/C=C\CCCC(=O)OC(C)C)[C@H](C)C[C@H]2O)cc1. The Balaban J connectivity index is 1.89. The van der Waals surface area contributed by atoms with Crippen molar-refractivity contribution in [1.82, 2.24) is 0 Å². The highest BCUT2D eigenvalue weighted by molar-refractivity contribution is 5.69. The van der Waals surface area contributed by atoms with Gasteiger partial charge in [-0.2, -0.15) is 0 Å². The first-order valence-electron chi connectivity index (χ1n) is 12.6. The van der Waals surface area contributed by atoms with Crippen LogP contribution in [0.3, 0.4) is 0 Å². The first-order valence-corrected chi connectivity index (χ1v) is 12.6. The maximum atomic E-state index is 11.6. The Morgan fingerprint density at radius 2 is 1.88 bits per heavy atom. The number of unbranched alkanes of at least 4 members (excludes halogenated alkanes) is 3. The van der Waals surface area contributed by atoms with E-state index in [9.17, 15) is 15.0 Å². The van der Waals surface area contributed by atoms with Gasteiger partial charge < -0.3 is 14.9 Å². The maximum Gasteiger partial charge on any atom is 0.306 e. The number of rotatable bonds is 13. The summed E-state index contributed by atoms with van der Waals surface area (Å²) in [5.74, 6) is 0.856. The van der Waals surface area contributed by atoms with Gasteiger partial charge in [0.15, 0.2) is 0 Å². The van der Waals surface area contributed by atoms with Crippen LogP contribution in [0.25, 0.3) is 0 Å². The van der Waals surface area contributed by atoms with Crippen LogP contribution in [0.4, 0.5) is 0 Å². The van der Waals surface area contributed by atoms with Crippen molar-refractivity contribution in [2.75, 3.05) is 0 Å². The molecule has 0 spiro atoms. The monoisotopic (exact) mass is 444 g/mol. The van der Waals surface area contributed by atoms with E-state index in [-0.39, 0.29) is 24.1 Å². The van der Waals surface area contributed by atoms with Crippen molar-refractivity contribution in [2.24, 2.45) is 11.8 Å². The summed E-state index contributed by atoms with van der Waals surface area (Å²) in [6.45, 7) is 8.14. The quantitative estimate of drug-likeness (QED) is 0.208. The predicted octanol–water partition coefficient (Wildman–Crippen LogP) is 6.47. The zero-order valence-electron chi connectivity index (χ0n) is 20.5. The molecule has 1 fully saturated rings. The number of hydrogen-bond acceptors (Lipinski definition) is 4. The van der Waals surface area contributed by atoms with Crippen LogP contribution in [0.2, 0.25) is 0 Å². The fraction of sp³-hybridized carbons (Fsp3) is 0.679. The van der Waals surface area contributed by atoms with Crippen LogP contribution < -0.4 is 0 Å². The summed E-state index contributed by atoms with van der Waals surface area (Å²) in [6.07, 6.45) is 11.6. The molecule has 4 heteroatoms. The lowest BCUT2D eigenvalue weighted by Gasteiger charge is -2.24. The third-order valence-corrected chi connectivity index (χ3v) is 6.70. The van der Waals surface area contributed by atoms with E-state index in [1.165, 1.54) is 5.56 Å². The molecule has 0 saturated heterocycles. The molecule has 1 aromatic carbocycles. The van der Waals surface area contributed by atoms with Crippen LogP contribution in [-0.4, -0.2) is 28.4 Å². The molecule has 1 aliphatic carbocycles. The van der Waals surface area contributed by atoms with Gasteiger partial charge in [0.1, 0.15) is 0 Å². The molecule has 180 valence electrons. The van der Waals surface area contributed by atoms with E-state index in [0.717, 1.165) is 56.9 Å². The number of aliphatic hydroxyl groups is 2. The fourth-order valence-corrected chi connectivity index (χ4v) is 4.94. The summed E-state index contributed by atoms with van der Waals surface area (Å²) in [7, 11) is 0. The molecule has 0 aromatic heterocycles. The number of esters is 1. The van der Waals surface area contributed by atoms with Gasteiger partial charge in [-0.15, -0.1) is 0 Å². The summed E-state index contributed by atoms with van der Waals surface area (Å²) in [4.78, 5) is 11.6. The van der Waals surface area contributed by atoms with E-state index < -0.39 is 6.10 Å². The second-order valence-corrected chi connectivity index (χ2v) is 9.79. The molecule has 0 heterocycles. The van der Waals surface area contributed by atoms with Crippen molar-refractivity contribution in [1.29, 1.82) is 0 Å². The molecule has 1 aromatic rings. The molecule has 1 saturated carbocycles. The van der Waals surface area contributed by atoms with E-state index in [1.54, 1.807) is 0 Å². The van der Waals surface area contributed by atoms with Crippen molar-refractivity contribution in [3.8, 4) is 0 Å². The standard InChI is InChI=1S/C28H44O4/c1-5-6-9-13-25(29)22-15-17-23(18-16-22)28-24(21(4)19-26(28)30)12-10-7-8-11-14-27(31)32-20(2)3/h7,10,15-18,20-21,24-26,28-30H,5-6,8-9,11-14,19H2,1-4H3/b10-7-/t21-,24?,25+,26-,28-/m1/s1. The zero-order valence-corrected chi connectivity index (χ0v) is 20.5. The van der Waals surface area contributed by atoms with Gasteiger partial charge in [-0.25, -0.2) is 0 Å². The van der Waals surface area contributed by atoms with E-state index in [2.05, 4.69) is 38.1 Å². The average Bonchev–Trinajstić information content (AvgIpc) is 3.03. The second-order valence-electron chi connectivity index (χ2n) is 9.79. The molecule has 2 rings (SSSR count). The van der Waals surface area contributed by atoms with Crippen LogP contribution in [0.1, 0.15) is 109 Å². The maximum absolute atomic E-state index is 11.6. The third-order valence-electron chi connectivity index (χ3n) is 6.70.